The summed E-state index contributed by atoms with van der Waals surface area (Å²) in [7, 11) is 1.37. The summed E-state index contributed by atoms with van der Waals surface area (Å²) in [4.78, 5) is 38.4. The topological polar surface area (TPSA) is 282 Å². The number of aromatic nitrogens is 10. The van der Waals surface area contributed by atoms with Gasteiger partial charge in [-0.3, -0.25) is 14.2 Å². The lowest BCUT2D eigenvalue weighted by atomic mass is 10.2. The number of hydrogen-bond acceptors (Lipinski definition) is 17. The van der Waals surface area contributed by atoms with Crippen molar-refractivity contribution in [3.8, 4) is 29.3 Å². The molecule has 21 heteroatoms. The van der Waals surface area contributed by atoms with Crippen molar-refractivity contribution in [1.29, 1.82) is 0 Å². The fourth-order valence-electron chi connectivity index (χ4n) is 5.53. The smallest absolute Gasteiger partial charge is 0.322 e. The molecule has 0 saturated carbocycles. The molecule has 0 radical (unpaired) electrons. The number of Topliss-reactive ketones (excluding diaryl/α,β-unsaturated/α-hetero) is 2. The van der Waals surface area contributed by atoms with Crippen LogP contribution in [0.5, 0.6) is 6.01 Å². The Morgan fingerprint density at radius 1 is 0.696 bits per heavy atom. The van der Waals surface area contributed by atoms with Gasteiger partial charge in [0.2, 0.25) is 5.95 Å². The molecule has 0 unspecified atom stereocenters. The summed E-state index contributed by atoms with van der Waals surface area (Å²) in [5.74, 6) is -1.03. The molecule has 21 nitrogen and oxygen atoms in total. The van der Waals surface area contributed by atoms with Crippen molar-refractivity contribution in [1.82, 2.24) is 48.9 Å². The SMILES string of the molecule is COc1nc(-n2cc(C)c(N=Nc3c(C(=O)CO)cnn3-c3ccccc3)c2N)nc(-n2nc(C)c(N=Nc3c(C(=O)CO)cnn3-c3ccccc3)c2N)n1. The molecule has 5 aromatic heterocycles. The van der Waals surface area contributed by atoms with Gasteiger partial charge in [0.05, 0.1) is 47.7 Å². The number of rotatable bonds is 13. The average Bonchev–Trinajstić information content (AvgIpc) is 3.99. The number of nitrogens with two attached hydrogens (primary N) is 2. The summed E-state index contributed by atoms with van der Waals surface area (Å²) in [6.07, 6.45) is 4.23. The number of nitrogen functional groups attached to an aromatic ring is 2. The van der Waals surface area contributed by atoms with Crippen LogP contribution in [0, 0.1) is 13.8 Å². The third kappa shape index (κ3) is 6.76. The van der Waals surface area contributed by atoms with Gasteiger partial charge in [-0.1, -0.05) is 36.4 Å². The highest BCUT2D eigenvalue weighted by Crippen LogP contribution is 2.35. The minimum absolute atomic E-state index is 0.00836. The number of azo groups is 2. The van der Waals surface area contributed by atoms with Gasteiger partial charge in [0.15, 0.2) is 34.7 Å². The van der Waals surface area contributed by atoms with E-state index in [0.717, 1.165) is 0 Å². The molecule has 0 saturated heterocycles. The lowest BCUT2D eigenvalue weighted by Gasteiger charge is -2.09. The van der Waals surface area contributed by atoms with Gasteiger partial charge < -0.3 is 26.4 Å². The number of aliphatic hydroxyl groups excluding tert-OH is 2. The molecule has 0 fully saturated rings. The van der Waals surface area contributed by atoms with Crippen LogP contribution in [0.25, 0.3) is 23.3 Å². The Balaban J connectivity index is 1.25. The quantitative estimate of drug-likeness (QED) is 0.0950. The number of aliphatic hydroxyl groups is 2. The number of anilines is 2. The van der Waals surface area contributed by atoms with Crippen molar-refractivity contribution >= 4 is 46.2 Å². The fourth-order valence-corrected chi connectivity index (χ4v) is 5.53. The van der Waals surface area contributed by atoms with Crippen molar-refractivity contribution in [2.45, 2.75) is 13.8 Å². The zero-order valence-electron chi connectivity index (χ0n) is 30.0. The van der Waals surface area contributed by atoms with Crippen LogP contribution in [0.4, 0.5) is 34.6 Å². The average molecular weight is 757 g/mol. The highest BCUT2D eigenvalue weighted by atomic mass is 16.5. The van der Waals surface area contributed by atoms with E-state index in [2.05, 4.69) is 50.7 Å². The molecule has 0 amide bonds. The number of nitrogens with zero attached hydrogens (tertiary/aromatic N) is 14. The molecular weight excluding hydrogens is 724 g/mol. The van der Waals surface area contributed by atoms with E-state index in [1.807, 2.05) is 12.1 Å². The van der Waals surface area contributed by atoms with Crippen LogP contribution in [0.2, 0.25) is 0 Å². The van der Waals surface area contributed by atoms with Gasteiger partial charge in [0.25, 0.3) is 5.95 Å². The maximum atomic E-state index is 12.6. The van der Waals surface area contributed by atoms with Crippen LogP contribution < -0.4 is 16.2 Å². The first-order valence-corrected chi connectivity index (χ1v) is 16.6. The number of hydrogen-bond donors (Lipinski definition) is 4. The number of carbonyl (C=O) groups is 2. The first kappa shape index (κ1) is 36.6. The molecule has 56 heavy (non-hydrogen) atoms. The molecule has 2 aromatic carbocycles. The predicted molar refractivity (Wildman–Crippen MR) is 199 cm³/mol. The molecule has 0 aliphatic heterocycles. The Bertz CT molecular complexity index is 2460. The second-order valence-corrected chi connectivity index (χ2v) is 11.9. The van der Waals surface area contributed by atoms with Crippen LogP contribution in [0.15, 0.2) is 99.7 Å². The Labute approximate surface area is 316 Å². The molecule has 0 aliphatic rings. The molecule has 282 valence electrons. The van der Waals surface area contributed by atoms with Crippen molar-refractivity contribution in [3.05, 3.63) is 102 Å². The van der Waals surface area contributed by atoms with Gasteiger partial charge in [-0.05, 0) is 43.7 Å². The van der Waals surface area contributed by atoms with E-state index >= 15 is 0 Å². The van der Waals surface area contributed by atoms with E-state index in [0.29, 0.717) is 22.6 Å². The zero-order valence-corrected chi connectivity index (χ0v) is 30.0. The number of para-hydroxylation sites is 2. The highest BCUT2D eigenvalue weighted by Gasteiger charge is 2.23. The molecule has 0 aliphatic carbocycles. The number of ketones is 2. The lowest BCUT2D eigenvalue weighted by molar-refractivity contribution is 0.0898. The molecule has 7 rings (SSSR count). The Hall–Kier alpha value is -7.78. The molecular formula is C35H32N16O5. The maximum Gasteiger partial charge on any atom is 0.322 e. The Kier molecular flexibility index (Phi) is 9.99. The number of benzene rings is 2. The first-order chi connectivity index (χ1) is 27.1. The minimum atomic E-state index is -0.756. The van der Waals surface area contributed by atoms with E-state index in [-0.39, 0.29) is 63.7 Å². The van der Waals surface area contributed by atoms with Crippen molar-refractivity contribution in [2.24, 2.45) is 20.5 Å². The Morgan fingerprint density at radius 2 is 1.21 bits per heavy atom. The molecule has 0 spiro atoms. The van der Waals surface area contributed by atoms with E-state index in [1.54, 1.807) is 68.6 Å². The standard InChI is InChI=1S/C35H32N16O5/c1-19-16-48(29(36)27(19)43-45-31-23(25(54)17-52)14-38-49(31)21-10-6-4-7-11-21)33-40-34(42-35(41-33)56-3)51-30(37)28(20(2)47-51)44-46-32-24(26(55)18-53)15-39-50(32)22-12-8-5-9-13-22/h4-16,52-53H,17-18,36-37H2,1-3H3. The largest absolute Gasteiger partial charge is 0.467 e. The number of ether oxygens (including phenoxy) is 1. The fraction of sp³-hybridized carbons (Fsp3) is 0.143. The van der Waals surface area contributed by atoms with Crippen LogP contribution in [0.3, 0.4) is 0 Å². The lowest BCUT2D eigenvalue weighted by Crippen LogP contribution is -2.13. The van der Waals surface area contributed by atoms with Crippen LogP contribution in [0.1, 0.15) is 32.0 Å². The second kappa shape index (κ2) is 15.3. The number of carbonyl (C=O) groups excluding carboxylic acids is 2. The molecule has 6 N–H and O–H groups in total. The van der Waals surface area contributed by atoms with Gasteiger partial charge in [-0.2, -0.15) is 34.9 Å². The number of aryl methyl sites for hydroxylation is 2. The van der Waals surface area contributed by atoms with Gasteiger partial charge in [0.1, 0.15) is 24.7 Å². The normalized spacial score (nSPS) is 11.6. The predicted octanol–water partition coefficient (Wildman–Crippen LogP) is 4.19. The third-order valence-electron chi connectivity index (χ3n) is 8.31. The third-order valence-corrected chi connectivity index (χ3v) is 8.31. The molecule has 7 aromatic rings. The molecule has 5 heterocycles. The van der Waals surface area contributed by atoms with Crippen molar-refractivity contribution in [3.63, 3.8) is 0 Å². The summed E-state index contributed by atoms with van der Waals surface area (Å²) < 4.78 is 10.9. The summed E-state index contributed by atoms with van der Waals surface area (Å²) in [6.45, 7) is 1.88. The van der Waals surface area contributed by atoms with E-state index in [9.17, 15) is 19.8 Å². The van der Waals surface area contributed by atoms with Crippen molar-refractivity contribution < 1.29 is 24.5 Å². The summed E-state index contributed by atoms with van der Waals surface area (Å²) in [5, 5.41) is 49.6. The first-order valence-electron chi connectivity index (χ1n) is 16.6. The summed E-state index contributed by atoms with van der Waals surface area (Å²) in [5.41, 5.74) is 15.7. The minimum Gasteiger partial charge on any atom is -0.467 e. The van der Waals surface area contributed by atoms with Crippen molar-refractivity contribution in [2.75, 3.05) is 31.8 Å². The second-order valence-electron chi connectivity index (χ2n) is 11.9. The van der Waals surface area contributed by atoms with Gasteiger partial charge >= 0.3 is 6.01 Å². The van der Waals surface area contributed by atoms with E-state index < -0.39 is 24.8 Å². The van der Waals surface area contributed by atoms with Gasteiger partial charge in [0, 0.05) is 6.20 Å². The Morgan fingerprint density at radius 3 is 1.73 bits per heavy atom. The number of methoxy groups -OCH3 is 1. The zero-order chi connectivity index (χ0) is 39.5. The molecule has 0 bridgehead atoms. The summed E-state index contributed by atoms with van der Waals surface area (Å²) in [6, 6.07) is 17.8. The van der Waals surface area contributed by atoms with Crippen LogP contribution in [-0.2, 0) is 0 Å². The van der Waals surface area contributed by atoms with E-state index in [1.165, 1.54) is 38.1 Å². The van der Waals surface area contributed by atoms with Gasteiger partial charge in [-0.15, -0.1) is 20.5 Å². The van der Waals surface area contributed by atoms with Gasteiger partial charge in [-0.25, -0.2) is 9.36 Å². The van der Waals surface area contributed by atoms with E-state index in [4.69, 9.17) is 16.2 Å². The van der Waals surface area contributed by atoms with Crippen LogP contribution in [-0.4, -0.2) is 91.0 Å². The van der Waals surface area contributed by atoms with Crippen LogP contribution >= 0.6 is 0 Å². The summed E-state index contributed by atoms with van der Waals surface area (Å²) >= 11 is 0. The monoisotopic (exact) mass is 756 g/mol. The molecule has 0 atom stereocenters. The maximum absolute atomic E-state index is 12.6. The highest BCUT2D eigenvalue weighted by molar-refractivity contribution is 6.01.